The Hall–Kier alpha value is -3.87. The van der Waals surface area contributed by atoms with Gasteiger partial charge in [0.25, 0.3) is 18.2 Å². The molecule has 2 N–H and O–H groups in total. The second-order valence-electron chi connectivity index (χ2n) is 9.91. The van der Waals surface area contributed by atoms with Gasteiger partial charge in [-0.05, 0) is 61.4 Å². The third kappa shape index (κ3) is 4.98. The first-order chi connectivity index (χ1) is 18.7. The number of amides is 2. The maximum absolute atomic E-state index is 13.7. The minimum atomic E-state index is -2.90. The number of nitrogens with one attached hydrogen (secondary N) is 1. The predicted octanol–water partition coefficient (Wildman–Crippen LogP) is 5.12. The van der Waals surface area contributed by atoms with Gasteiger partial charge in [0.1, 0.15) is 5.69 Å². The molecule has 1 fully saturated rings. The molecule has 7 nitrogen and oxygen atoms in total. The number of hydrogen-bond donors (Lipinski definition) is 2. The lowest BCUT2D eigenvalue weighted by Gasteiger charge is -2.32. The number of hydrogen-bond acceptors (Lipinski definition) is 5. The summed E-state index contributed by atoms with van der Waals surface area (Å²) >= 11 is 5.88. The molecule has 5 rings (SSSR count). The van der Waals surface area contributed by atoms with Gasteiger partial charge in [0.05, 0.1) is 27.9 Å². The smallest absolute Gasteiger partial charge is 0.281 e. The highest BCUT2D eigenvalue weighted by atomic mass is 35.5. The van der Waals surface area contributed by atoms with E-state index in [1.54, 1.807) is 47.4 Å². The van der Waals surface area contributed by atoms with E-state index in [4.69, 9.17) is 11.6 Å². The first-order valence-corrected chi connectivity index (χ1v) is 13.0. The Morgan fingerprint density at radius 1 is 1.18 bits per heavy atom. The highest BCUT2D eigenvalue weighted by Gasteiger charge is 2.51. The summed E-state index contributed by atoms with van der Waals surface area (Å²) in [6.45, 7) is 0.379. The van der Waals surface area contributed by atoms with Crippen molar-refractivity contribution in [3.63, 3.8) is 0 Å². The Bertz CT molecular complexity index is 1470. The number of nitriles is 1. The Kier molecular flexibility index (Phi) is 7.34. The van der Waals surface area contributed by atoms with Gasteiger partial charge in [-0.25, -0.2) is 8.78 Å². The van der Waals surface area contributed by atoms with Crippen molar-refractivity contribution >= 4 is 29.1 Å². The zero-order valence-electron chi connectivity index (χ0n) is 20.8. The number of carbonyl (C=O) groups is 2. The molecule has 39 heavy (non-hydrogen) atoms. The van der Waals surface area contributed by atoms with Crippen LogP contribution in [0.3, 0.4) is 0 Å². The Morgan fingerprint density at radius 3 is 2.64 bits per heavy atom. The maximum atomic E-state index is 13.7. The van der Waals surface area contributed by atoms with E-state index in [0.29, 0.717) is 54.6 Å². The summed E-state index contributed by atoms with van der Waals surface area (Å²) in [5.41, 5.74) is -0.969. The lowest BCUT2D eigenvalue weighted by molar-refractivity contribution is -0.132. The van der Waals surface area contributed by atoms with Crippen LogP contribution in [-0.4, -0.2) is 34.5 Å². The van der Waals surface area contributed by atoms with E-state index in [2.05, 4.69) is 10.3 Å². The molecule has 0 radical (unpaired) electrons. The van der Waals surface area contributed by atoms with Crippen molar-refractivity contribution in [1.82, 2.24) is 10.3 Å². The highest BCUT2D eigenvalue weighted by molar-refractivity contribution is 6.30. The van der Waals surface area contributed by atoms with Crippen molar-refractivity contribution in [3.8, 4) is 6.07 Å². The molecule has 1 aliphatic heterocycles. The first kappa shape index (κ1) is 26.7. The molecule has 10 heteroatoms. The number of anilines is 1. The van der Waals surface area contributed by atoms with Crippen LogP contribution in [0.2, 0.25) is 5.02 Å². The molecule has 1 atom stereocenters. The van der Waals surface area contributed by atoms with E-state index >= 15 is 0 Å². The van der Waals surface area contributed by atoms with Crippen molar-refractivity contribution in [3.05, 3.63) is 93.8 Å². The third-order valence-corrected chi connectivity index (χ3v) is 7.71. The molecule has 3 aromatic rings. The van der Waals surface area contributed by atoms with Crippen molar-refractivity contribution in [1.29, 1.82) is 5.26 Å². The number of nitrogens with zero attached hydrogens (tertiary/aromatic N) is 3. The standard InChI is InChI=1S/C29H25ClF2N4O3/c30-20-13-22(25(26(31)32)34-15-20)27(37)35-21-10-8-17(9-11-21)16-36-24-7-2-1-6-23(24)29(39,28(36)38)19-5-3-4-18(12-19)14-33/h1-7,12-13,15,17,21,26,39H,8-11,16H2,(H,35,37)/t17-,21-,29?. The molecule has 0 spiro atoms. The maximum Gasteiger partial charge on any atom is 0.281 e. The molecule has 2 aromatic carbocycles. The Morgan fingerprint density at radius 2 is 1.92 bits per heavy atom. The van der Waals surface area contributed by atoms with Gasteiger partial charge in [-0.3, -0.25) is 14.6 Å². The van der Waals surface area contributed by atoms with Gasteiger partial charge in [-0.1, -0.05) is 41.9 Å². The van der Waals surface area contributed by atoms with E-state index in [1.807, 2.05) is 6.07 Å². The van der Waals surface area contributed by atoms with E-state index in [1.165, 1.54) is 12.1 Å². The average Bonchev–Trinajstić information content (AvgIpc) is 3.16. The summed E-state index contributed by atoms with van der Waals surface area (Å²) in [6.07, 6.45) is 0.771. The molecule has 1 aromatic heterocycles. The largest absolute Gasteiger partial charge is 0.372 e. The molecule has 2 heterocycles. The number of para-hydroxylation sites is 1. The van der Waals surface area contributed by atoms with E-state index in [9.17, 15) is 28.7 Å². The number of rotatable bonds is 6. The quantitative estimate of drug-likeness (QED) is 0.443. The van der Waals surface area contributed by atoms with Crippen LogP contribution in [-0.2, 0) is 10.4 Å². The monoisotopic (exact) mass is 550 g/mol. The molecule has 0 saturated heterocycles. The van der Waals surface area contributed by atoms with E-state index in [-0.39, 0.29) is 22.5 Å². The Balaban J connectivity index is 1.28. The zero-order valence-corrected chi connectivity index (χ0v) is 21.5. The van der Waals surface area contributed by atoms with Crippen molar-refractivity contribution in [2.45, 2.75) is 43.8 Å². The number of aliphatic hydroxyl groups is 1. The molecular weight excluding hydrogens is 526 g/mol. The fraction of sp³-hybridized carbons (Fsp3) is 0.310. The lowest BCUT2D eigenvalue weighted by atomic mass is 9.85. The van der Waals surface area contributed by atoms with Crippen LogP contribution in [0.1, 0.15) is 64.9 Å². The number of pyridine rings is 1. The Labute approximate surface area is 229 Å². The molecule has 2 aliphatic rings. The van der Waals surface area contributed by atoms with Crippen LogP contribution in [0.25, 0.3) is 0 Å². The normalized spacial score (nSPS) is 22.5. The van der Waals surface area contributed by atoms with Crippen LogP contribution in [0.5, 0.6) is 0 Å². The second-order valence-corrected chi connectivity index (χ2v) is 10.4. The van der Waals surface area contributed by atoms with Gasteiger partial charge >= 0.3 is 0 Å². The number of carbonyl (C=O) groups excluding carboxylic acids is 2. The van der Waals surface area contributed by atoms with Gasteiger partial charge in [-0.15, -0.1) is 0 Å². The van der Waals surface area contributed by atoms with Crippen LogP contribution < -0.4 is 10.2 Å². The minimum absolute atomic E-state index is 0.100. The fourth-order valence-corrected chi connectivity index (χ4v) is 5.68. The number of halogens is 3. The van der Waals surface area contributed by atoms with Gasteiger partial charge in [0, 0.05) is 24.3 Å². The molecule has 0 bridgehead atoms. The number of benzene rings is 2. The van der Waals surface area contributed by atoms with Gasteiger partial charge in [0.2, 0.25) is 0 Å². The number of aromatic nitrogens is 1. The van der Waals surface area contributed by atoms with E-state index < -0.39 is 29.5 Å². The molecule has 1 unspecified atom stereocenters. The first-order valence-electron chi connectivity index (χ1n) is 12.6. The SMILES string of the molecule is N#Cc1cccc(C2(O)C(=O)N(C[C@H]3CC[C@H](NC(=O)c4cc(Cl)cnc4C(F)F)CC3)c3ccccc32)c1. The molecule has 1 saturated carbocycles. The number of alkyl halides is 2. The van der Waals surface area contributed by atoms with Crippen LogP contribution >= 0.6 is 11.6 Å². The van der Waals surface area contributed by atoms with Crippen LogP contribution in [0.15, 0.2) is 60.8 Å². The average molecular weight is 551 g/mol. The summed E-state index contributed by atoms with van der Waals surface area (Å²) in [5, 5.41) is 24.0. The van der Waals surface area contributed by atoms with E-state index in [0.717, 1.165) is 6.20 Å². The molecule has 200 valence electrons. The highest BCUT2D eigenvalue weighted by Crippen LogP contribution is 2.45. The summed E-state index contributed by atoms with van der Waals surface area (Å²) in [7, 11) is 0. The van der Waals surface area contributed by atoms with Crippen molar-refractivity contribution in [2.75, 3.05) is 11.4 Å². The topological polar surface area (TPSA) is 106 Å². The van der Waals surface area contributed by atoms with Gasteiger partial charge in [-0.2, -0.15) is 5.26 Å². The summed E-state index contributed by atoms with van der Waals surface area (Å²) in [5.74, 6) is -1.01. The van der Waals surface area contributed by atoms with Crippen LogP contribution in [0, 0.1) is 17.2 Å². The summed E-state index contributed by atoms with van der Waals surface area (Å²) in [4.78, 5) is 31.7. The molecule has 1 aliphatic carbocycles. The van der Waals surface area contributed by atoms with Gasteiger partial charge < -0.3 is 15.3 Å². The van der Waals surface area contributed by atoms with Gasteiger partial charge in [0.15, 0.2) is 5.60 Å². The lowest BCUT2D eigenvalue weighted by Crippen LogP contribution is -2.44. The van der Waals surface area contributed by atoms with Crippen molar-refractivity contribution < 1.29 is 23.5 Å². The molecular formula is C29H25ClF2N4O3. The fourth-order valence-electron chi connectivity index (χ4n) is 5.53. The van der Waals surface area contributed by atoms with Crippen molar-refractivity contribution in [2.24, 2.45) is 5.92 Å². The molecule has 2 amide bonds. The summed E-state index contributed by atoms with van der Waals surface area (Å²) < 4.78 is 26.7. The third-order valence-electron chi connectivity index (χ3n) is 7.51. The summed E-state index contributed by atoms with van der Waals surface area (Å²) in [6, 6.07) is 16.5. The minimum Gasteiger partial charge on any atom is -0.372 e. The predicted molar refractivity (Wildman–Crippen MR) is 140 cm³/mol. The second kappa shape index (κ2) is 10.7. The zero-order chi connectivity index (χ0) is 27.7. The number of fused-ring (bicyclic) bond motifs is 1. The van der Waals surface area contributed by atoms with Crippen LogP contribution in [0.4, 0.5) is 14.5 Å².